The zero-order valence-corrected chi connectivity index (χ0v) is 16.1. The predicted octanol–water partition coefficient (Wildman–Crippen LogP) is 2.59. The number of carbonyl (C=O) groups excluding carboxylic acids is 1. The molecule has 2 saturated heterocycles. The number of halogens is 1. The van der Waals surface area contributed by atoms with E-state index in [1.54, 1.807) is 29.3 Å². The molecule has 2 aliphatic heterocycles. The van der Waals surface area contributed by atoms with Crippen LogP contribution < -0.4 is 10.9 Å². The minimum atomic E-state index is -0.585. The fraction of sp³-hybridized carbons (Fsp3) is 0.364. The van der Waals surface area contributed by atoms with Crippen molar-refractivity contribution >= 4 is 11.6 Å². The van der Waals surface area contributed by atoms with Crippen molar-refractivity contribution in [2.45, 2.75) is 24.8 Å². The summed E-state index contributed by atoms with van der Waals surface area (Å²) in [4.78, 5) is 18.8. The van der Waals surface area contributed by atoms with Crippen molar-refractivity contribution in [1.29, 1.82) is 0 Å². The summed E-state index contributed by atoms with van der Waals surface area (Å²) in [6.07, 6.45) is 3.37. The highest BCUT2D eigenvalue weighted by atomic mass is 19.1. The maximum Gasteiger partial charge on any atom is 0.277 e. The van der Waals surface area contributed by atoms with Crippen molar-refractivity contribution in [3.63, 3.8) is 0 Å². The maximum absolute atomic E-state index is 14.6. The van der Waals surface area contributed by atoms with Crippen LogP contribution in [0.4, 0.5) is 4.39 Å². The standard InChI is InChI=1S/C22H24FN5O/c23-21-20(25-18-8-4-5-11-28(18)21)22(29)27-12-9-16(10-13-27)19-17(14-24-26-19)15-6-2-1-3-7-15/h1-8,11,16-17,19,24,26H,9-10,12-14H2. The van der Waals surface area contributed by atoms with Gasteiger partial charge in [-0.1, -0.05) is 36.4 Å². The van der Waals surface area contributed by atoms with E-state index in [1.165, 1.54) is 9.96 Å². The first kappa shape index (κ1) is 18.3. The molecule has 29 heavy (non-hydrogen) atoms. The average Bonchev–Trinajstić information content (AvgIpc) is 3.39. The topological polar surface area (TPSA) is 61.7 Å². The third kappa shape index (κ3) is 3.30. The molecule has 1 amide bonds. The molecule has 0 spiro atoms. The first-order valence-corrected chi connectivity index (χ1v) is 10.2. The normalized spacial score (nSPS) is 23.0. The van der Waals surface area contributed by atoms with Gasteiger partial charge in [-0.25, -0.2) is 4.98 Å². The second-order valence-electron chi connectivity index (χ2n) is 7.88. The van der Waals surface area contributed by atoms with E-state index in [9.17, 15) is 9.18 Å². The van der Waals surface area contributed by atoms with Crippen LogP contribution in [0.15, 0.2) is 54.7 Å². The van der Waals surface area contributed by atoms with Gasteiger partial charge in [0.2, 0.25) is 5.95 Å². The van der Waals surface area contributed by atoms with E-state index in [1.807, 2.05) is 6.07 Å². The molecule has 2 fully saturated rings. The van der Waals surface area contributed by atoms with Gasteiger partial charge in [0.15, 0.2) is 5.69 Å². The molecule has 2 aliphatic rings. The van der Waals surface area contributed by atoms with Gasteiger partial charge in [0.1, 0.15) is 5.65 Å². The smallest absolute Gasteiger partial charge is 0.277 e. The van der Waals surface area contributed by atoms with Crippen LogP contribution in [-0.4, -0.2) is 45.9 Å². The highest BCUT2D eigenvalue weighted by Crippen LogP contribution is 2.32. The minimum Gasteiger partial charge on any atom is -0.337 e. The number of carbonyl (C=O) groups is 1. The van der Waals surface area contributed by atoms with E-state index >= 15 is 0 Å². The van der Waals surface area contributed by atoms with Gasteiger partial charge < -0.3 is 4.90 Å². The lowest BCUT2D eigenvalue weighted by atomic mass is 9.80. The molecule has 2 aromatic heterocycles. The van der Waals surface area contributed by atoms with Crippen LogP contribution in [0.3, 0.4) is 0 Å². The number of hydrogen-bond acceptors (Lipinski definition) is 4. The van der Waals surface area contributed by atoms with Crippen molar-refractivity contribution in [3.05, 3.63) is 71.9 Å². The number of imidazole rings is 1. The van der Waals surface area contributed by atoms with Crippen LogP contribution >= 0.6 is 0 Å². The Balaban J connectivity index is 1.27. The van der Waals surface area contributed by atoms with Crippen molar-refractivity contribution in [3.8, 4) is 0 Å². The molecule has 150 valence electrons. The predicted molar refractivity (Wildman–Crippen MR) is 108 cm³/mol. The van der Waals surface area contributed by atoms with Crippen molar-refractivity contribution in [2.24, 2.45) is 5.92 Å². The maximum atomic E-state index is 14.6. The Kier molecular flexibility index (Phi) is 4.77. The summed E-state index contributed by atoms with van der Waals surface area (Å²) in [5.74, 6) is -0.0233. The number of benzene rings is 1. The number of piperidine rings is 1. The molecule has 2 unspecified atom stereocenters. The molecule has 0 bridgehead atoms. The molecule has 5 rings (SSSR count). The van der Waals surface area contributed by atoms with Crippen LogP contribution in [0.2, 0.25) is 0 Å². The molecular formula is C22H24FN5O. The first-order chi connectivity index (χ1) is 14.2. The number of nitrogens with one attached hydrogen (secondary N) is 2. The van der Waals surface area contributed by atoms with Gasteiger partial charge in [-0.05, 0) is 36.5 Å². The van der Waals surface area contributed by atoms with Crippen LogP contribution in [0.5, 0.6) is 0 Å². The third-order valence-electron chi connectivity index (χ3n) is 6.26. The van der Waals surface area contributed by atoms with E-state index in [0.29, 0.717) is 36.6 Å². The Bertz CT molecular complexity index is 1010. The molecule has 0 saturated carbocycles. The molecule has 6 nitrogen and oxygen atoms in total. The van der Waals surface area contributed by atoms with Gasteiger partial charge >= 0.3 is 0 Å². The van der Waals surface area contributed by atoms with E-state index in [2.05, 4.69) is 40.1 Å². The first-order valence-electron chi connectivity index (χ1n) is 10.2. The fourth-order valence-electron chi connectivity index (χ4n) is 4.70. The minimum absolute atomic E-state index is 0.0857. The summed E-state index contributed by atoms with van der Waals surface area (Å²) < 4.78 is 15.9. The highest BCUT2D eigenvalue weighted by molar-refractivity contribution is 5.93. The number of fused-ring (bicyclic) bond motifs is 1. The largest absolute Gasteiger partial charge is 0.337 e. The van der Waals surface area contributed by atoms with Crippen molar-refractivity contribution in [1.82, 2.24) is 25.1 Å². The number of hydrogen-bond donors (Lipinski definition) is 2. The Morgan fingerprint density at radius 3 is 2.59 bits per heavy atom. The molecular weight excluding hydrogens is 369 g/mol. The van der Waals surface area contributed by atoms with Crippen molar-refractivity contribution < 1.29 is 9.18 Å². The molecule has 2 atom stereocenters. The van der Waals surface area contributed by atoms with Gasteiger partial charge in [0, 0.05) is 37.8 Å². The Morgan fingerprint density at radius 1 is 1.07 bits per heavy atom. The Labute approximate surface area is 168 Å². The third-order valence-corrected chi connectivity index (χ3v) is 6.26. The quantitative estimate of drug-likeness (QED) is 0.718. The van der Waals surface area contributed by atoms with Crippen LogP contribution in [-0.2, 0) is 0 Å². The van der Waals surface area contributed by atoms with E-state index in [4.69, 9.17) is 0 Å². The number of nitrogens with zero attached hydrogens (tertiary/aromatic N) is 3. The second-order valence-corrected chi connectivity index (χ2v) is 7.88. The molecule has 7 heteroatoms. The molecule has 2 N–H and O–H groups in total. The van der Waals surface area contributed by atoms with Gasteiger partial charge in [0.25, 0.3) is 5.91 Å². The lowest BCUT2D eigenvalue weighted by Crippen LogP contribution is -2.46. The summed E-state index contributed by atoms with van der Waals surface area (Å²) in [7, 11) is 0. The van der Waals surface area contributed by atoms with Gasteiger partial charge in [-0.3, -0.25) is 20.0 Å². The van der Waals surface area contributed by atoms with Gasteiger partial charge in [-0.15, -0.1) is 0 Å². The zero-order chi connectivity index (χ0) is 19.8. The van der Waals surface area contributed by atoms with E-state index < -0.39 is 5.95 Å². The SMILES string of the molecule is O=C(c1nc2ccccn2c1F)N1CCC(C2NNCC2c2ccccc2)CC1. The number of hydrazine groups is 1. The number of pyridine rings is 1. The number of rotatable bonds is 3. The van der Waals surface area contributed by atoms with E-state index in [-0.39, 0.29) is 11.6 Å². The van der Waals surface area contributed by atoms with Crippen LogP contribution in [0, 0.1) is 11.9 Å². The lowest BCUT2D eigenvalue weighted by Gasteiger charge is -2.36. The molecule has 4 heterocycles. The van der Waals surface area contributed by atoms with Crippen LogP contribution in [0.25, 0.3) is 5.65 Å². The molecule has 1 aromatic carbocycles. The Morgan fingerprint density at radius 2 is 1.83 bits per heavy atom. The number of likely N-dealkylation sites (tertiary alicyclic amines) is 1. The number of amides is 1. The summed E-state index contributed by atoms with van der Waals surface area (Å²) in [5, 5.41) is 0. The second kappa shape index (κ2) is 7.57. The lowest BCUT2D eigenvalue weighted by molar-refractivity contribution is 0.0659. The fourth-order valence-corrected chi connectivity index (χ4v) is 4.70. The highest BCUT2D eigenvalue weighted by Gasteiger charge is 2.37. The monoisotopic (exact) mass is 393 g/mol. The molecule has 0 aliphatic carbocycles. The number of aromatic nitrogens is 2. The zero-order valence-electron chi connectivity index (χ0n) is 16.1. The summed E-state index contributed by atoms with van der Waals surface area (Å²) in [6.45, 7) is 2.15. The van der Waals surface area contributed by atoms with Crippen molar-refractivity contribution in [2.75, 3.05) is 19.6 Å². The molecule has 3 aromatic rings. The van der Waals surface area contributed by atoms with Gasteiger partial charge in [-0.2, -0.15) is 4.39 Å². The van der Waals surface area contributed by atoms with E-state index in [0.717, 1.165) is 19.4 Å². The van der Waals surface area contributed by atoms with Gasteiger partial charge in [0.05, 0.1) is 0 Å². The summed E-state index contributed by atoms with van der Waals surface area (Å²) in [5.41, 5.74) is 8.46. The Hall–Kier alpha value is -2.77. The van der Waals surface area contributed by atoms with Crippen LogP contribution in [0.1, 0.15) is 34.8 Å². The summed E-state index contributed by atoms with van der Waals surface area (Å²) in [6, 6.07) is 16.1. The average molecular weight is 393 g/mol. The molecule has 0 radical (unpaired) electrons. The summed E-state index contributed by atoms with van der Waals surface area (Å²) >= 11 is 0.